The third-order valence-electron chi connectivity index (χ3n) is 4.70. The van der Waals surface area contributed by atoms with Crippen molar-refractivity contribution in [1.29, 1.82) is 0 Å². The summed E-state index contributed by atoms with van der Waals surface area (Å²) in [7, 11) is 0. The molecule has 1 N–H and O–H groups in total. The number of carbonyl (C=O) groups excluding carboxylic acids is 1. The maximum atomic E-state index is 13.2. The number of hydrogen-bond donors (Lipinski definition) is 1. The van der Waals surface area contributed by atoms with Gasteiger partial charge in [0, 0.05) is 10.9 Å². The number of aromatic nitrogens is 3. The fourth-order valence-electron chi connectivity index (χ4n) is 3.34. The minimum Gasteiger partial charge on any atom is -0.293 e. The molecule has 1 amide bonds. The lowest BCUT2D eigenvalue weighted by Gasteiger charge is -2.06. The first-order chi connectivity index (χ1) is 14.2. The monoisotopic (exact) mass is 402 g/mol. The number of nitrogens with zero attached hydrogens (tertiary/aromatic N) is 3. The SMILES string of the molecule is O=C(Cc1cccc2ccccc12)Nc1nc2scc(-c3ccc(F)cc3)n2n1. The fourth-order valence-corrected chi connectivity index (χ4v) is 4.17. The van der Waals surface area contributed by atoms with Crippen LogP contribution in [0.5, 0.6) is 0 Å². The summed E-state index contributed by atoms with van der Waals surface area (Å²) in [5.41, 5.74) is 2.58. The van der Waals surface area contributed by atoms with E-state index in [-0.39, 0.29) is 24.1 Å². The second-order valence-corrected chi connectivity index (χ2v) is 7.46. The summed E-state index contributed by atoms with van der Waals surface area (Å²) in [4.78, 5) is 17.6. The predicted molar refractivity (Wildman–Crippen MR) is 113 cm³/mol. The Morgan fingerprint density at radius 3 is 2.69 bits per heavy atom. The van der Waals surface area contributed by atoms with Crippen LogP contribution in [0.2, 0.25) is 0 Å². The molecule has 0 bridgehead atoms. The number of fused-ring (bicyclic) bond motifs is 2. The van der Waals surface area contributed by atoms with Crippen molar-refractivity contribution in [2.24, 2.45) is 0 Å². The summed E-state index contributed by atoms with van der Waals surface area (Å²) in [5.74, 6) is -0.214. The number of thiazole rings is 1. The molecule has 2 aromatic heterocycles. The number of benzene rings is 3. The Morgan fingerprint density at radius 2 is 1.83 bits per heavy atom. The number of hydrogen-bond acceptors (Lipinski definition) is 4. The van der Waals surface area contributed by atoms with Crippen molar-refractivity contribution in [2.45, 2.75) is 6.42 Å². The van der Waals surface area contributed by atoms with Gasteiger partial charge in [-0.25, -0.2) is 8.91 Å². The lowest BCUT2D eigenvalue weighted by Crippen LogP contribution is -2.15. The Balaban J connectivity index is 1.39. The lowest BCUT2D eigenvalue weighted by molar-refractivity contribution is -0.115. The Bertz CT molecular complexity index is 1330. The second-order valence-electron chi connectivity index (χ2n) is 6.62. The van der Waals surface area contributed by atoms with E-state index in [0.717, 1.165) is 27.6 Å². The van der Waals surface area contributed by atoms with Crippen LogP contribution in [0.25, 0.3) is 27.0 Å². The average Bonchev–Trinajstić information content (AvgIpc) is 3.29. The van der Waals surface area contributed by atoms with Crippen molar-refractivity contribution in [2.75, 3.05) is 5.32 Å². The van der Waals surface area contributed by atoms with E-state index in [1.165, 1.54) is 23.5 Å². The van der Waals surface area contributed by atoms with Crippen molar-refractivity contribution in [3.05, 3.63) is 83.5 Å². The van der Waals surface area contributed by atoms with Crippen LogP contribution < -0.4 is 5.32 Å². The van der Waals surface area contributed by atoms with Crippen molar-refractivity contribution >= 4 is 38.9 Å². The second kappa shape index (κ2) is 7.10. The molecular formula is C22H15FN4OS. The van der Waals surface area contributed by atoms with Gasteiger partial charge < -0.3 is 0 Å². The molecule has 5 aromatic rings. The van der Waals surface area contributed by atoms with Crippen LogP contribution in [0.3, 0.4) is 0 Å². The molecule has 5 nitrogen and oxygen atoms in total. The third-order valence-corrected chi connectivity index (χ3v) is 5.52. The van der Waals surface area contributed by atoms with E-state index in [2.05, 4.69) is 15.4 Å². The fraction of sp³-hybridized carbons (Fsp3) is 0.0455. The van der Waals surface area contributed by atoms with Crippen LogP contribution in [0.15, 0.2) is 72.1 Å². The maximum Gasteiger partial charge on any atom is 0.250 e. The Morgan fingerprint density at radius 1 is 1.03 bits per heavy atom. The maximum absolute atomic E-state index is 13.2. The highest BCUT2D eigenvalue weighted by Gasteiger charge is 2.14. The normalized spacial score (nSPS) is 11.2. The topological polar surface area (TPSA) is 59.3 Å². The highest BCUT2D eigenvalue weighted by molar-refractivity contribution is 7.15. The number of amides is 1. The van der Waals surface area contributed by atoms with Gasteiger partial charge >= 0.3 is 0 Å². The molecule has 0 radical (unpaired) electrons. The van der Waals surface area contributed by atoms with Crippen molar-refractivity contribution in [3.8, 4) is 11.3 Å². The summed E-state index contributed by atoms with van der Waals surface area (Å²) in [5, 5.41) is 11.3. The molecule has 3 aromatic carbocycles. The summed E-state index contributed by atoms with van der Waals surface area (Å²) < 4.78 is 14.8. The zero-order valence-electron chi connectivity index (χ0n) is 15.2. The van der Waals surface area contributed by atoms with E-state index in [0.29, 0.717) is 4.96 Å². The first-order valence-electron chi connectivity index (χ1n) is 9.04. The Kier molecular flexibility index (Phi) is 4.29. The number of rotatable bonds is 4. The minimum atomic E-state index is -0.291. The summed E-state index contributed by atoms with van der Waals surface area (Å²) in [6, 6.07) is 20.1. The predicted octanol–water partition coefficient (Wildman–Crippen LogP) is 4.93. The van der Waals surface area contributed by atoms with Gasteiger partial charge in [-0.15, -0.1) is 16.4 Å². The molecule has 0 saturated heterocycles. The quantitative estimate of drug-likeness (QED) is 0.464. The number of carbonyl (C=O) groups is 1. The highest BCUT2D eigenvalue weighted by Crippen LogP contribution is 2.26. The lowest BCUT2D eigenvalue weighted by atomic mass is 10.0. The van der Waals surface area contributed by atoms with Gasteiger partial charge in [0.1, 0.15) is 5.82 Å². The van der Waals surface area contributed by atoms with Crippen LogP contribution in [-0.2, 0) is 11.2 Å². The van der Waals surface area contributed by atoms with Gasteiger partial charge in [0.2, 0.25) is 16.8 Å². The molecule has 0 aliphatic carbocycles. The molecule has 0 aliphatic rings. The van der Waals surface area contributed by atoms with Crippen LogP contribution in [-0.4, -0.2) is 20.5 Å². The largest absolute Gasteiger partial charge is 0.293 e. The van der Waals surface area contributed by atoms with Gasteiger partial charge in [-0.2, -0.15) is 4.98 Å². The van der Waals surface area contributed by atoms with E-state index < -0.39 is 0 Å². The highest BCUT2D eigenvalue weighted by atomic mass is 32.1. The van der Waals surface area contributed by atoms with Gasteiger partial charge in [-0.1, -0.05) is 42.5 Å². The van der Waals surface area contributed by atoms with Crippen LogP contribution in [0.4, 0.5) is 10.3 Å². The van der Waals surface area contributed by atoms with Gasteiger partial charge in [0.15, 0.2) is 0 Å². The zero-order chi connectivity index (χ0) is 19.8. The Hall–Kier alpha value is -3.58. The van der Waals surface area contributed by atoms with E-state index in [1.807, 2.05) is 47.8 Å². The molecule has 0 unspecified atom stereocenters. The Labute approximate surface area is 169 Å². The van der Waals surface area contributed by atoms with Crippen molar-refractivity contribution < 1.29 is 9.18 Å². The molecule has 29 heavy (non-hydrogen) atoms. The van der Waals surface area contributed by atoms with Crippen molar-refractivity contribution in [3.63, 3.8) is 0 Å². The number of nitrogens with one attached hydrogen (secondary N) is 1. The van der Waals surface area contributed by atoms with Gasteiger partial charge in [0.25, 0.3) is 0 Å². The summed E-state index contributed by atoms with van der Waals surface area (Å²) in [6.45, 7) is 0. The standard InChI is InChI=1S/C22H15FN4OS/c23-17-10-8-15(9-11-17)19-13-29-22-25-21(26-27(19)22)24-20(28)12-16-6-3-5-14-4-1-2-7-18(14)16/h1-11,13H,12H2,(H,24,26,28). The first-order valence-corrected chi connectivity index (χ1v) is 9.92. The number of anilines is 1. The van der Waals surface area contributed by atoms with Gasteiger partial charge in [-0.05, 0) is 40.6 Å². The van der Waals surface area contributed by atoms with Gasteiger partial charge in [0.05, 0.1) is 12.1 Å². The molecule has 0 spiro atoms. The van der Waals surface area contributed by atoms with Crippen molar-refractivity contribution in [1.82, 2.24) is 14.6 Å². The minimum absolute atomic E-state index is 0.178. The zero-order valence-corrected chi connectivity index (χ0v) is 16.0. The smallest absolute Gasteiger partial charge is 0.250 e. The van der Waals surface area contributed by atoms with E-state index in [9.17, 15) is 9.18 Å². The molecule has 0 aliphatic heterocycles. The molecular weight excluding hydrogens is 387 g/mol. The van der Waals surface area contributed by atoms with Crippen LogP contribution >= 0.6 is 11.3 Å². The molecule has 142 valence electrons. The van der Waals surface area contributed by atoms with E-state index >= 15 is 0 Å². The third kappa shape index (κ3) is 3.36. The summed E-state index contributed by atoms with van der Waals surface area (Å²) in [6.07, 6.45) is 0.235. The molecule has 2 heterocycles. The summed E-state index contributed by atoms with van der Waals surface area (Å²) >= 11 is 1.41. The molecule has 0 atom stereocenters. The molecule has 7 heteroatoms. The molecule has 0 fully saturated rings. The van der Waals surface area contributed by atoms with Gasteiger partial charge in [-0.3, -0.25) is 10.1 Å². The number of halogens is 1. The first kappa shape index (κ1) is 17.5. The molecule has 0 saturated carbocycles. The van der Waals surface area contributed by atoms with E-state index in [4.69, 9.17) is 0 Å². The van der Waals surface area contributed by atoms with Crippen LogP contribution in [0.1, 0.15) is 5.56 Å². The van der Waals surface area contributed by atoms with Crippen LogP contribution in [0, 0.1) is 5.82 Å². The van der Waals surface area contributed by atoms with E-state index in [1.54, 1.807) is 16.6 Å². The average molecular weight is 402 g/mol. The molecule has 5 rings (SSSR count).